The molecule has 12 heteroatoms. The number of rotatable bonds is 5. The maximum atomic E-state index is 15.0. The van der Waals surface area contributed by atoms with Gasteiger partial charge in [-0.15, -0.1) is 10.2 Å². The number of benzene rings is 1. The fourth-order valence-corrected chi connectivity index (χ4v) is 4.06. The third-order valence-corrected chi connectivity index (χ3v) is 5.83. The molecule has 1 amide bonds. The van der Waals surface area contributed by atoms with Crippen LogP contribution in [-0.4, -0.2) is 43.7 Å². The van der Waals surface area contributed by atoms with Crippen LogP contribution in [0.5, 0.6) is 0 Å². The van der Waals surface area contributed by atoms with Crippen molar-refractivity contribution in [1.29, 1.82) is 0 Å². The predicted octanol–water partition coefficient (Wildman–Crippen LogP) is 4.32. The molecule has 1 aromatic heterocycles. The Bertz CT molecular complexity index is 1280. The van der Waals surface area contributed by atoms with Crippen molar-refractivity contribution in [3.8, 4) is 0 Å². The zero-order valence-corrected chi connectivity index (χ0v) is 19.3. The Morgan fingerprint density at radius 1 is 1.26 bits per heavy atom. The van der Waals surface area contributed by atoms with Crippen molar-refractivity contribution in [2.75, 3.05) is 7.05 Å². The van der Waals surface area contributed by atoms with Gasteiger partial charge in [-0.3, -0.25) is 4.79 Å². The van der Waals surface area contributed by atoms with Crippen LogP contribution in [0.4, 0.5) is 26.3 Å². The van der Waals surface area contributed by atoms with Crippen molar-refractivity contribution in [2.45, 2.75) is 77.2 Å². The Morgan fingerprint density at radius 3 is 2.44 bits per heavy atom. The van der Waals surface area contributed by atoms with Crippen LogP contribution in [0, 0.1) is 24.4 Å². The van der Waals surface area contributed by atoms with Crippen molar-refractivity contribution in [2.24, 2.45) is 0 Å². The number of likely N-dealkylation sites (N-methyl/N-ethyl adjacent to an activating group) is 1. The highest BCUT2D eigenvalue weighted by molar-refractivity contribution is 5.79. The predicted molar refractivity (Wildman–Crippen MR) is 111 cm³/mol. The largest absolute Gasteiger partial charge is 0.451 e. The lowest BCUT2D eigenvalue weighted by Gasteiger charge is -2.47. The van der Waals surface area contributed by atoms with Crippen molar-refractivity contribution < 1.29 is 36.6 Å². The van der Waals surface area contributed by atoms with Crippen LogP contribution < -0.4 is 5.32 Å². The number of hydrogen-bond acceptors (Lipinski definition) is 4. The molecular weight excluding hydrogens is 464 g/mol. The van der Waals surface area contributed by atoms with Crippen molar-refractivity contribution in [1.82, 2.24) is 25.0 Å². The zero-order chi connectivity index (χ0) is 29.4. The number of hydrogen-bond donors (Lipinski definition) is 1. The third kappa shape index (κ3) is 4.51. The molecule has 6 nitrogen and oxygen atoms in total. The fraction of sp³-hybridized carbons (Fsp3) is 0.591. The van der Waals surface area contributed by atoms with E-state index in [1.165, 1.54) is 20.8 Å². The van der Waals surface area contributed by atoms with E-state index >= 15 is 0 Å². The van der Waals surface area contributed by atoms with E-state index in [-0.39, 0.29) is 11.9 Å². The van der Waals surface area contributed by atoms with E-state index in [0.717, 1.165) is 30.4 Å². The first-order chi connectivity index (χ1) is 17.1. The van der Waals surface area contributed by atoms with Crippen LogP contribution in [0.3, 0.4) is 0 Å². The highest BCUT2D eigenvalue weighted by atomic mass is 19.4. The van der Waals surface area contributed by atoms with Crippen LogP contribution in [-0.2, 0) is 23.9 Å². The topological polar surface area (TPSA) is 63.1 Å². The molecule has 0 saturated heterocycles. The average molecular weight is 496 g/mol. The van der Waals surface area contributed by atoms with E-state index in [0.29, 0.717) is 0 Å². The number of nitrogens with zero attached hydrogens (tertiary/aromatic N) is 4. The molecule has 1 N–H and O–H groups in total. The Kier molecular flexibility index (Phi) is 5.21. The summed E-state index contributed by atoms with van der Waals surface area (Å²) < 4.78 is 119. The first-order valence-electron chi connectivity index (χ1n) is 12.3. The number of carbonyl (C=O) groups is 1. The van der Waals surface area contributed by atoms with E-state index in [1.807, 2.05) is 0 Å². The second-order valence-corrected chi connectivity index (χ2v) is 8.91. The molecule has 1 aliphatic heterocycles. The molecule has 1 unspecified atom stereocenters. The van der Waals surface area contributed by atoms with E-state index in [4.69, 9.17) is 5.48 Å². The summed E-state index contributed by atoms with van der Waals surface area (Å²) in [7, 11) is 1.10. The molecule has 0 spiro atoms. The Labute approximate surface area is 199 Å². The minimum atomic E-state index is -4.84. The van der Waals surface area contributed by atoms with Gasteiger partial charge in [-0.25, -0.2) is 13.2 Å². The maximum absolute atomic E-state index is 15.0. The van der Waals surface area contributed by atoms with Gasteiger partial charge in [0.1, 0.15) is 5.82 Å². The number of carbonyl (C=O) groups excluding carboxylic acids is 1. The molecule has 2 atom stereocenters. The summed E-state index contributed by atoms with van der Waals surface area (Å²) in [6.07, 6.45) is -11.2. The molecule has 0 bridgehead atoms. The SMILES string of the molecule is [2H]C([2H])(C(=O)N1C(C)c2nnc(C(F)(F)F)n2CC1(C)C)[C@](C)(NC)C([2H])([2H])c1cc(F)c(F)c(C)c1F. The van der Waals surface area contributed by atoms with E-state index in [1.54, 1.807) is 0 Å². The maximum Gasteiger partial charge on any atom is 0.451 e. The van der Waals surface area contributed by atoms with Crippen LogP contribution >= 0.6 is 0 Å². The molecule has 188 valence electrons. The number of halogens is 6. The highest BCUT2D eigenvalue weighted by Crippen LogP contribution is 2.39. The van der Waals surface area contributed by atoms with Crippen LogP contribution in [0.2, 0.25) is 0 Å². The first-order valence-corrected chi connectivity index (χ1v) is 10.3. The molecule has 34 heavy (non-hydrogen) atoms. The summed E-state index contributed by atoms with van der Waals surface area (Å²) in [4.78, 5) is 14.8. The molecule has 1 aliphatic rings. The van der Waals surface area contributed by atoms with Gasteiger partial charge in [-0.05, 0) is 59.7 Å². The minimum Gasteiger partial charge on any atom is -0.326 e. The molecule has 3 rings (SSSR count). The normalized spacial score (nSPS) is 22.2. The van der Waals surface area contributed by atoms with Gasteiger partial charge < -0.3 is 14.8 Å². The van der Waals surface area contributed by atoms with E-state index in [9.17, 15) is 31.1 Å². The Hall–Kier alpha value is -2.63. The molecule has 2 aromatic rings. The number of aromatic nitrogens is 3. The second-order valence-electron chi connectivity index (χ2n) is 8.91. The van der Waals surface area contributed by atoms with Gasteiger partial charge in [-0.2, -0.15) is 13.2 Å². The molecule has 1 aromatic carbocycles. The van der Waals surface area contributed by atoms with Crippen LogP contribution in [0.1, 0.15) is 68.4 Å². The lowest BCUT2D eigenvalue weighted by molar-refractivity contribution is -0.151. The smallest absolute Gasteiger partial charge is 0.326 e. The minimum absolute atomic E-state index is 0.266. The molecular formula is C22H27F6N5O. The van der Waals surface area contributed by atoms with Crippen molar-refractivity contribution >= 4 is 5.91 Å². The second kappa shape index (κ2) is 8.54. The molecule has 2 heterocycles. The van der Waals surface area contributed by atoms with Crippen molar-refractivity contribution in [3.05, 3.63) is 46.3 Å². The van der Waals surface area contributed by atoms with Gasteiger partial charge in [0, 0.05) is 29.5 Å². The summed E-state index contributed by atoms with van der Waals surface area (Å²) in [6.45, 7) is 5.46. The summed E-state index contributed by atoms with van der Waals surface area (Å²) in [5.74, 6) is -7.48. The molecule has 0 aliphatic carbocycles. The van der Waals surface area contributed by atoms with Crippen molar-refractivity contribution in [3.63, 3.8) is 0 Å². The van der Waals surface area contributed by atoms with Gasteiger partial charge in [0.25, 0.3) is 0 Å². The van der Waals surface area contributed by atoms with Gasteiger partial charge >= 0.3 is 6.18 Å². The van der Waals surface area contributed by atoms with Gasteiger partial charge in [0.05, 0.1) is 11.6 Å². The van der Waals surface area contributed by atoms with Gasteiger partial charge in [0.2, 0.25) is 11.7 Å². The molecule has 0 fully saturated rings. The molecule has 0 radical (unpaired) electrons. The van der Waals surface area contributed by atoms with Gasteiger partial charge in [0.15, 0.2) is 17.5 Å². The lowest BCUT2D eigenvalue weighted by Crippen LogP contribution is -2.58. The number of alkyl halides is 3. The third-order valence-electron chi connectivity index (χ3n) is 5.83. The average Bonchev–Trinajstić information content (AvgIpc) is 3.22. The summed E-state index contributed by atoms with van der Waals surface area (Å²) >= 11 is 0. The lowest BCUT2D eigenvalue weighted by atomic mass is 9.86. The monoisotopic (exact) mass is 495 g/mol. The van der Waals surface area contributed by atoms with Crippen LogP contribution in [0.15, 0.2) is 6.07 Å². The van der Waals surface area contributed by atoms with E-state index in [2.05, 4.69) is 15.5 Å². The first kappa shape index (κ1) is 20.7. The number of fused-ring (bicyclic) bond motifs is 1. The highest BCUT2D eigenvalue weighted by Gasteiger charge is 2.48. The number of amides is 1. The summed E-state index contributed by atoms with van der Waals surface area (Å²) in [5, 5.41) is 9.14. The Morgan fingerprint density at radius 2 is 1.88 bits per heavy atom. The van der Waals surface area contributed by atoms with Gasteiger partial charge in [-0.1, -0.05) is 0 Å². The quantitative estimate of drug-likeness (QED) is 0.496. The Balaban J connectivity index is 2.15. The summed E-state index contributed by atoms with van der Waals surface area (Å²) in [6, 6.07) is -0.971. The molecule has 0 saturated carbocycles. The van der Waals surface area contributed by atoms with E-state index < -0.39 is 82.9 Å². The number of nitrogens with one attached hydrogen (secondary N) is 1. The summed E-state index contributed by atoms with van der Waals surface area (Å²) in [5.41, 5.74) is -5.92. The standard InChI is InChI=1S/C22H27F6N5O/c1-11-16(24)13(7-14(23)17(11)25)8-21(5,29-6)9-15(34)33-12(2)18-30-31-19(22(26,27)28)32(18)10-20(33,3)4/h7,12,29H,8-10H2,1-6H3/t12?,21-/m1/s1/i8D2,9D2. The van der Waals surface area contributed by atoms with Crippen LogP contribution in [0.25, 0.3) is 0 Å². The zero-order valence-electron chi connectivity index (χ0n) is 23.3. The fourth-order valence-electron chi connectivity index (χ4n) is 4.06.